The molecule has 0 fully saturated rings. The molecule has 1 aliphatic rings. The fraction of sp³-hybridized carbons (Fsp3) is 0.0769. The second-order valence-electron chi connectivity index (χ2n) is 7.50. The summed E-state index contributed by atoms with van der Waals surface area (Å²) < 4.78 is 6.90. The number of nitriles is 1. The number of hydrogen-bond acceptors (Lipinski definition) is 5. The number of nitrogens with zero attached hydrogens (tertiary/aromatic N) is 2. The van der Waals surface area contributed by atoms with Crippen LogP contribution in [-0.2, 0) is 11.8 Å². The molecule has 1 aliphatic carbocycles. The van der Waals surface area contributed by atoms with Crippen molar-refractivity contribution >= 4 is 34.0 Å². The standard InChI is InChI=1S/C26H19N3O2S/c1-29-15(11-12-21(29)23-22(14-27)32-25(28)24(23)26(30)31-2)13-20-18-9-5-3-7-16(18)17-8-4-6-10-19(17)20/h3-13H,28H2,1-2H3. The molecular weight excluding hydrogens is 418 g/mol. The van der Waals surface area contributed by atoms with Crippen molar-refractivity contribution in [2.45, 2.75) is 0 Å². The number of hydrogen-bond donors (Lipinski definition) is 1. The molecule has 2 heterocycles. The zero-order valence-corrected chi connectivity index (χ0v) is 18.4. The molecular formula is C26H19N3O2S. The maximum absolute atomic E-state index is 12.4. The Morgan fingerprint density at radius 1 is 1.03 bits per heavy atom. The van der Waals surface area contributed by atoms with E-state index >= 15 is 0 Å². The van der Waals surface area contributed by atoms with E-state index in [2.05, 4.69) is 48.5 Å². The van der Waals surface area contributed by atoms with Crippen LogP contribution >= 0.6 is 11.3 Å². The minimum absolute atomic E-state index is 0.242. The van der Waals surface area contributed by atoms with Gasteiger partial charge in [0, 0.05) is 18.3 Å². The summed E-state index contributed by atoms with van der Waals surface area (Å²) in [7, 11) is 3.23. The molecule has 0 amide bonds. The van der Waals surface area contributed by atoms with Crippen LogP contribution in [0.5, 0.6) is 0 Å². The van der Waals surface area contributed by atoms with Gasteiger partial charge in [-0.1, -0.05) is 48.5 Å². The number of thiophene rings is 1. The Morgan fingerprint density at radius 2 is 1.62 bits per heavy atom. The summed E-state index contributed by atoms with van der Waals surface area (Å²) in [5, 5.41) is 9.93. The van der Waals surface area contributed by atoms with Crippen LogP contribution in [-0.4, -0.2) is 17.6 Å². The Morgan fingerprint density at radius 3 is 2.19 bits per heavy atom. The monoisotopic (exact) mass is 437 g/mol. The number of benzene rings is 2. The third kappa shape index (κ3) is 2.87. The Labute approximate surface area is 189 Å². The molecule has 0 saturated carbocycles. The van der Waals surface area contributed by atoms with Crippen LogP contribution < -0.4 is 5.73 Å². The van der Waals surface area contributed by atoms with Crippen LogP contribution in [0.2, 0.25) is 0 Å². The van der Waals surface area contributed by atoms with Crippen LogP contribution in [0.15, 0.2) is 60.7 Å². The summed E-state index contributed by atoms with van der Waals surface area (Å²) in [6, 6.07) is 22.8. The third-order valence-corrected chi connectivity index (χ3v) is 6.78. The van der Waals surface area contributed by atoms with Gasteiger partial charge in [0.25, 0.3) is 0 Å². The van der Waals surface area contributed by atoms with Gasteiger partial charge in [-0.15, -0.1) is 11.3 Å². The van der Waals surface area contributed by atoms with Gasteiger partial charge in [0.05, 0.1) is 12.8 Å². The van der Waals surface area contributed by atoms with Crippen molar-refractivity contribution in [2.24, 2.45) is 7.05 Å². The highest BCUT2D eigenvalue weighted by Crippen LogP contribution is 2.45. The van der Waals surface area contributed by atoms with E-state index in [0.29, 0.717) is 10.4 Å². The lowest BCUT2D eigenvalue weighted by Crippen LogP contribution is -2.06. The van der Waals surface area contributed by atoms with Gasteiger partial charge in [0.15, 0.2) is 0 Å². The summed E-state index contributed by atoms with van der Waals surface area (Å²) in [5.41, 5.74) is 14.5. The van der Waals surface area contributed by atoms with Crippen LogP contribution in [0.1, 0.15) is 32.1 Å². The van der Waals surface area contributed by atoms with Crippen molar-refractivity contribution in [1.29, 1.82) is 5.26 Å². The van der Waals surface area contributed by atoms with Gasteiger partial charge in [-0.25, -0.2) is 4.79 Å². The summed E-state index contributed by atoms with van der Waals surface area (Å²) in [4.78, 5) is 12.8. The largest absolute Gasteiger partial charge is 0.465 e. The number of fused-ring (bicyclic) bond motifs is 3. The van der Waals surface area contributed by atoms with Crippen LogP contribution in [0, 0.1) is 11.3 Å². The Bertz CT molecular complexity index is 1420. The van der Waals surface area contributed by atoms with Crippen molar-refractivity contribution in [3.63, 3.8) is 0 Å². The van der Waals surface area contributed by atoms with E-state index in [4.69, 9.17) is 10.5 Å². The number of nitrogens with two attached hydrogens (primary N) is 1. The third-order valence-electron chi connectivity index (χ3n) is 5.86. The van der Waals surface area contributed by atoms with Gasteiger partial charge in [-0.05, 0) is 46.0 Å². The summed E-state index contributed by atoms with van der Waals surface area (Å²) in [5.74, 6) is -0.546. The fourth-order valence-corrected chi connectivity index (χ4v) is 5.22. The molecule has 0 saturated heterocycles. The van der Waals surface area contributed by atoms with E-state index in [9.17, 15) is 10.1 Å². The Kier molecular flexibility index (Phi) is 4.69. The number of carbonyl (C=O) groups is 1. The van der Waals surface area contributed by atoms with E-state index in [0.717, 1.165) is 28.3 Å². The van der Waals surface area contributed by atoms with Gasteiger partial charge in [0.2, 0.25) is 0 Å². The number of methoxy groups -OCH3 is 1. The maximum Gasteiger partial charge on any atom is 0.341 e. The van der Waals surface area contributed by atoms with Crippen molar-refractivity contribution in [1.82, 2.24) is 4.57 Å². The number of ether oxygens (including phenoxy) is 1. The molecule has 32 heavy (non-hydrogen) atoms. The molecule has 5 nitrogen and oxygen atoms in total. The fourth-order valence-electron chi connectivity index (χ4n) is 4.35. The number of aromatic nitrogens is 1. The quantitative estimate of drug-likeness (QED) is 0.375. The van der Waals surface area contributed by atoms with Crippen molar-refractivity contribution in [2.75, 3.05) is 12.8 Å². The molecule has 0 aliphatic heterocycles. The van der Waals surface area contributed by atoms with Crippen molar-refractivity contribution in [3.05, 3.63) is 87.9 Å². The molecule has 0 atom stereocenters. The second kappa shape index (κ2) is 7.56. The highest BCUT2D eigenvalue weighted by molar-refractivity contribution is 7.17. The molecule has 6 heteroatoms. The molecule has 5 rings (SSSR count). The Balaban J connectivity index is 1.69. The maximum atomic E-state index is 12.4. The predicted octanol–water partition coefficient (Wildman–Crippen LogP) is 5.56. The highest BCUT2D eigenvalue weighted by Gasteiger charge is 2.27. The molecule has 0 unspecified atom stereocenters. The van der Waals surface area contributed by atoms with Crippen LogP contribution in [0.4, 0.5) is 5.00 Å². The van der Waals surface area contributed by atoms with Gasteiger partial charge < -0.3 is 15.0 Å². The first kappa shape index (κ1) is 19.9. The van der Waals surface area contributed by atoms with E-state index in [1.54, 1.807) is 0 Å². The molecule has 0 radical (unpaired) electrons. The number of esters is 1. The smallest absolute Gasteiger partial charge is 0.341 e. The first-order valence-electron chi connectivity index (χ1n) is 10.0. The molecule has 156 valence electrons. The summed E-state index contributed by atoms with van der Waals surface area (Å²) >= 11 is 1.10. The average Bonchev–Trinajstić information content (AvgIpc) is 3.45. The normalized spacial score (nSPS) is 11.6. The first-order chi connectivity index (χ1) is 15.5. The van der Waals surface area contributed by atoms with Crippen LogP contribution in [0.3, 0.4) is 0 Å². The lowest BCUT2D eigenvalue weighted by Gasteiger charge is -2.09. The number of nitrogen functional groups attached to an aromatic ring is 1. The Hall–Kier alpha value is -4.08. The predicted molar refractivity (Wildman–Crippen MR) is 128 cm³/mol. The molecule has 2 aromatic carbocycles. The van der Waals surface area contributed by atoms with Gasteiger partial charge in [-0.2, -0.15) is 5.26 Å². The minimum Gasteiger partial charge on any atom is -0.465 e. The summed E-state index contributed by atoms with van der Waals surface area (Å²) in [6.07, 6.45) is 2.15. The molecule has 0 spiro atoms. The van der Waals surface area contributed by atoms with E-state index in [1.807, 2.05) is 35.9 Å². The molecule has 2 aromatic heterocycles. The first-order valence-corrected chi connectivity index (χ1v) is 10.8. The van der Waals surface area contributed by atoms with Gasteiger partial charge >= 0.3 is 5.97 Å². The molecule has 4 aromatic rings. The lowest BCUT2D eigenvalue weighted by atomic mass is 10.0. The van der Waals surface area contributed by atoms with Crippen molar-refractivity contribution in [3.8, 4) is 28.5 Å². The van der Waals surface area contributed by atoms with Gasteiger partial charge in [0.1, 0.15) is 21.5 Å². The van der Waals surface area contributed by atoms with Crippen LogP contribution in [0.25, 0.3) is 34.0 Å². The summed E-state index contributed by atoms with van der Waals surface area (Å²) in [6.45, 7) is 0. The average molecular weight is 438 g/mol. The topological polar surface area (TPSA) is 81.0 Å². The zero-order chi connectivity index (χ0) is 22.4. The zero-order valence-electron chi connectivity index (χ0n) is 17.5. The molecule has 0 bridgehead atoms. The lowest BCUT2D eigenvalue weighted by molar-refractivity contribution is 0.0603. The number of rotatable bonds is 3. The van der Waals surface area contributed by atoms with Gasteiger partial charge in [-0.3, -0.25) is 0 Å². The van der Waals surface area contributed by atoms with Crippen molar-refractivity contribution < 1.29 is 9.53 Å². The second-order valence-corrected chi connectivity index (χ2v) is 8.55. The number of carbonyl (C=O) groups excluding carboxylic acids is 1. The van der Waals surface area contributed by atoms with E-state index < -0.39 is 5.97 Å². The van der Waals surface area contributed by atoms with E-state index in [-0.39, 0.29) is 10.6 Å². The SMILES string of the molecule is COC(=O)c1c(N)sc(C#N)c1-c1ccc(C=C2c3ccccc3-c3ccccc32)n1C. The minimum atomic E-state index is -0.546. The highest BCUT2D eigenvalue weighted by atomic mass is 32.1. The molecule has 2 N–H and O–H groups in total. The van der Waals surface area contributed by atoms with E-state index in [1.165, 1.54) is 29.4 Å². The number of anilines is 1.